The predicted octanol–water partition coefficient (Wildman–Crippen LogP) is 2.61. The smallest absolute Gasteiger partial charge is 0.158 e. The number of ketones is 1. The molecule has 2 nitrogen and oxygen atoms in total. The van der Waals surface area contributed by atoms with E-state index in [1.165, 1.54) is 5.57 Å². The van der Waals surface area contributed by atoms with Gasteiger partial charge in [-0.25, -0.2) is 0 Å². The molecule has 84 valence electrons. The summed E-state index contributed by atoms with van der Waals surface area (Å²) in [6.07, 6.45) is 4.87. The first-order chi connectivity index (χ1) is 7.15. The maximum absolute atomic E-state index is 11.8. The Labute approximate surface area is 91.4 Å². The van der Waals surface area contributed by atoms with E-state index < -0.39 is 0 Å². The van der Waals surface area contributed by atoms with Crippen molar-refractivity contribution < 1.29 is 9.90 Å². The molecule has 0 aromatic heterocycles. The SMILES string of the molecule is CCC1=C2CCC(O)C2(CC)CCC1=O. The van der Waals surface area contributed by atoms with E-state index >= 15 is 0 Å². The lowest BCUT2D eigenvalue weighted by Crippen LogP contribution is -2.35. The zero-order valence-electron chi connectivity index (χ0n) is 9.68. The topological polar surface area (TPSA) is 37.3 Å². The average molecular weight is 208 g/mol. The lowest BCUT2D eigenvalue weighted by molar-refractivity contribution is -0.117. The Bertz CT molecular complexity index is 316. The maximum atomic E-state index is 11.8. The number of aliphatic hydroxyl groups excluding tert-OH is 1. The molecule has 2 atom stereocenters. The lowest BCUT2D eigenvalue weighted by atomic mass is 9.68. The van der Waals surface area contributed by atoms with Crippen LogP contribution in [0.25, 0.3) is 0 Å². The van der Waals surface area contributed by atoms with Crippen LogP contribution in [-0.4, -0.2) is 17.0 Å². The zero-order chi connectivity index (χ0) is 11.1. The van der Waals surface area contributed by atoms with Gasteiger partial charge < -0.3 is 5.11 Å². The molecule has 0 aliphatic heterocycles. The number of carbonyl (C=O) groups is 1. The van der Waals surface area contributed by atoms with Crippen molar-refractivity contribution in [2.45, 2.75) is 58.5 Å². The number of fused-ring (bicyclic) bond motifs is 1. The number of hydrogen-bond donors (Lipinski definition) is 1. The second-order valence-electron chi connectivity index (χ2n) is 4.80. The molecular formula is C13H20O2. The average Bonchev–Trinajstić information content (AvgIpc) is 2.57. The lowest BCUT2D eigenvalue weighted by Gasteiger charge is -2.37. The second kappa shape index (κ2) is 3.75. The largest absolute Gasteiger partial charge is 0.392 e. The van der Waals surface area contributed by atoms with E-state index in [4.69, 9.17) is 0 Å². The standard InChI is InChI=1S/C13H20O2/c1-3-9-10-5-6-12(15)13(10,4-2)8-7-11(9)14/h12,15H,3-8H2,1-2H3. The van der Waals surface area contributed by atoms with Crippen molar-refractivity contribution in [1.29, 1.82) is 0 Å². The van der Waals surface area contributed by atoms with Crippen molar-refractivity contribution in [2.75, 3.05) is 0 Å². The predicted molar refractivity (Wildman–Crippen MR) is 59.5 cm³/mol. The summed E-state index contributed by atoms with van der Waals surface area (Å²) < 4.78 is 0. The molecule has 2 heteroatoms. The molecule has 2 unspecified atom stereocenters. The molecule has 0 aromatic rings. The third kappa shape index (κ3) is 1.38. The van der Waals surface area contributed by atoms with Gasteiger partial charge in [0, 0.05) is 11.8 Å². The molecular weight excluding hydrogens is 188 g/mol. The first-order valence-corrected chi connectivity index (χ1v) is 6.09. The molecule has 0 aromatic carbocycles. The molecule has 15 heavy (non-hydrogen) atoms. The number of Topliss-reactive ketones (excluding diaryl/α,β-unsaturated/α-hetero) is 1. The van der Waals surface area contributed by atoms with Crippen LogP contribution in [0.1, 0.15) is 52.4 Å². The van der Waals surface area contributed by atoms with Crippen LogP contribution in [0.5, 0.6) is 0 Å². The van der Waals surface area contributed by atoms with Crippen LogP contribution in [0.15, 0.2) is 11.1 Å². The number of aliphatic hydroxyl groups is 1. The minimum absolute atomic E-state index is 0.0424. The summed E-state index contributed by atoms with van der Waals surface area (Å²) in [4.78, 5) is 11.8. The van der Waals surface area contributed by atoms with Gasteiger partial charge in [0.05, 0.1) is 6.10 Å². The molecule has 2 aliphatic carbocycles. The molecule has 1 fully saturated rings. The minimum Gasteiger partial charge on any atom is -0.392 e. The fourth-order valence-electron chi connectivity index (χ4n) is 3.47. The highest BCUT2D eigenvalue weighted by atomic mass is 16.3. The zero-order valence-corrected chi connectivity index (χ0v) is 9.68. The van der Waals surface area contributed by atoms with Gasteiger partial charge >= 0.3 is 0 Å². The molecule has 1 N–H and O–H groups in total. The van der Waals surface area contributed by atoms with Crippen molar-refractivity contribution in [2.24, 2.45) is 5.41 Å². The van der Waals surface area contributed by atoms with Gasteiger partial charge in [0.2, 0.25) is 0 Å². The van der Waals surface area contributed by atoms with Gasteiger partial charge in [-0.05, 0) is 37.7 Å². The van der Waals surface area contributed by atoms with Crippen LogP contribution in [0, 0.1) is 5.41 Å². The van der Waals surface area contributed by atoms with E-state index in [9.17, 15) is 9.90 Å². The molecule has 1 saturated carbocycles. The van der Waals surface area contributed by atoms with Crippen LogP contribution in [0.3, 0.4) is 0 Å². The highest BCUT2D eigenvalue weighted by molar-refractivity contribution is 5.97. The summed E-state index contributed by atoms with van der Waals surface area (Å²) >= 11 is 0. The van der Waals surface area contributed by atoms with Crippen molar-refractivity contribution in [1.82, 2.24) is 0 Å². The highest BCUT2D eigenvalue weighted by Gasteiger charge is 2.48. The minimum atomic E-state index is -0.216. The second-order valence-corrected chi connectivity index (χ2v) is 4.80. The Morgan fingerprint density at radius 2 is 2.13 bits per heavy atom. The van der Waals surface area contributed by atoms with Gasteiger partial charge in [-0.1, -0.05) is 19.4 Å². The molecule has 2 aliphatic rings. The van der Waals surface area contributed by atoms with Gasteiger partial charge in [-0.3, -0.25) is 4.79 Å². The third-order valence-electron chi connectivity index (χ3n) is 4.39. The van der Waals surface area contributed by atoms with E-state index in [1.807, 2.05) is 0 Å². The fourth-order valence-corrected chi connectivity index (χ4v) is 3.47. The molecule has 0 amide bonds. The normalized spacial score (nSPS) is 35.9. The van der Waals surface area contributed by atoms with Crippen LogP contribution in [-0.2, 0) is 4.79 Å². The van der Waals surface area contributed by atoms with E-state index in [1.54, 1.807) is 0 Å². The van der Waals surface area contributed by atoms with E-state index in [2.05, 4.69) is 13.8 Å². The monoisotopic (exact) mass is 208 g/mol. The molecule has 0 spiro atoms. The van der Waals surface area contributed by atoms with Gasteiger partial charge in [-0.15, -0.1) is 0 Å². The van der Waals surface area contributed by atoms with E-state index in [-0.39, 0.29) is 11.5 Å². The summed E-state index contributed by atoms with van der Waals surface area (Å²) in [7, 11) is 0. The first-order valence-electron chi connectivity index (χ1n) is 6.09. The summed E-state index contributed by atoms with van der Waals surface area (Å²) in [6, 6.07) is 0. The Kier molecular flexibility index (Phi) is 2.72. The van der Waals surface area contributed by atoms with Crippen LogP contribution < -0.4 is 0 Å². The van der Waals surface area contributed by atoms with E-state index in [0.29, 0.717) is 12.2 Å². The molecule has 0 radical (unpaired) electrons. The third-order valence-corrected chi connectivity index (χ3v) is 4.39. The Morgan fingerprint density at radius 3 is 2.73 bits per heavy atom. The van der Waals surface area contributed by atoms with Crippen molar-refractivity contribution in [3.05, 3.63) is 11.1 Å². The van der Waals surface area contributed by atoms with Crippen molar-refractivity contribution >= 4 is 5.78 Å². The van der Waals surface area contributed by atoms with Crippen molar-refractivity contribution in [3.63, 3.8) is 0 Å². The van der Waals surface area contributed by atoms with Gasteiger partial charge in [0.25, 0.3) is 0 Å². The van der Waals surface area contributed by atoms with Gasteiger partial charge in [0.15, 0.2) is 5.78 Å². The number of hydrogen-bond acceptors (Lipinski definition) is 2. The number of rotatable bonds is 2. The summed E-state index contributed by atoms with van der Waals surface area (Å²) in [5.74, 6) is 0.325. The van der Waals surface area contributed by atoms with E-state index in [0.717, 1.165) is 37.7 Å². The first kappa shape index (κ1) is 10.9. The highest BCUT2D eigenvalue weighted by Crippen LogP contribution is 2.53. The number of allylic oxidation sites excluding steroid dienone is 1. The van der Waals surface area contributed by atoms with Crippen LogP contribution in [0.2, 0.25) is 0 Å². The summed E-state index contributed by atoms with van der Waals surface area (Å²) in [6.45, 7) is 4.19. The summed E-state index contributed by atoms with van der Waals surface area (Å²) in [5.41, 5.74) is 2.27. The Balaban J connectivity index is 2.49. The van der Waals surface area contributed by atoms with Gasteiger partial charge in [0.1, 0.15) is 0 Å². The Morgan fingerprint density at radius 1 is 1.40 bits per heavy atom. The molecule has 0 heterocycles. The van der Waals surface area contributed by atoms with Crippen LogP contribution in [0.4, 0.5) is 0 Å². The molecule has 0 bridgehead atoms. The summed E-state index contributed by atoms with van der Waals surface area (Å²) in [5, 5.41) is 10.1. The van der Waals surface area contributed by atoms with Crippen molar-refractivity contribution in [3.8, 4) is 0 Å². The number of carbonyl (C=O) groups excluding carboxylic acids is 1. The van der Waals surface area contributed by atoms with Crippen LogP contribution >= 0.6 is 0 Å². The molecule has 2 rings (SSSR count). The maximum Gasteiger partial charge on any atom is 0.158 e. The quantitative estimate of drug-likeness (QED) is 0.757. The fraction of sp³-hybridized carbons (Fsp3) is 0.769. The Hall–Kier alpha value is -0.630. The molecule has 0 saturated heterocycles. The van der Waals surface area contributed by atoms with Gasteiger partial charge in [-0.2, -0.15) is 0 Å².